The number of hydrogen-bond acceptors (Lipinski definition) is 3. The summed E-state index contributed by atoms with van der Waals surface area (Å²) in [6, 6.07) is 18.0. The molecule has 4 rings (SSSR count). The average Bonchev–Trinajstić information content (AvgIpc) is 2.74. The van der Waals surface area contributed by atoms with Crippen molar-refractivity contribution in [2.45, 2.75) is 37.5 Å². The summed E-state index contributed by atoms with van der Waals surface area (Å²) in [7, 11) is 0. The molecule has 0 heterocycles. The van der Waals surface area contributed by atoms with Crippen molar-refractivity contribution in [2.75, 3.05) is 5.32 Å². The second-order valence-corrected chi connectivity index (χ2v) is 9.84. The molecule has 0 spiro atoms. The molecule has 0 saturated carbocycles. The van der Waals surface area contributed by atoms with Crippen LogP contribution in [0.1, 0.15) is 52.9 Å². The van der Waals surface area contributed by atoms with Crippen LogP contribution in [0, 0.1) is 12.7 Å². The molecule has 0 aliphatic heterocycles. The molecule has 0 fully saturated rings. The number of aryl methyl sites for hydroxylation is 1. The Labute approximate surface area is 196 Å². The van der Waals surface area contributed by atoms with Crippen LogP contribution in [0.2, 0.25) is 0 Å². The average molecular weight is 462 g/mol. The van der Waals surface area contributed by atoms with Crippen molar-refractivity contribution >= 4 is 34.2 Å². The molecule has 0 atom stereocenters. The normalized spacial score (nSPS) is 14.2. The molecule has 2 N–H and O–H groups in total. The molecule has 3 aromatic carbocycles. The van der Waals surface area contributed by atoms with Gasteiger partial charge in [0.2, 0.25) is 0 Å². The van der Waals surface area contributed by atoms with Crippen LogP contribution in [-0.2, 0) is 5.41 Å². The molecule has 0 unspecified atom stereocenters. The van der Waals surface area contributed by atoms with Crippen molar-refractivity contribution in [3.8, 4) is 0 Å². The fourth-order valence-electron chi connectivity index (χ4n) is 4.00. The number of carbonyl (C=O) groups excluding carboxylic acids is 1. The summed E-state index contributed by atoms with van der Waals surface area (Å²) in [6.07, 6.45) is 3.18. The van der Waals surface area contributed by atoms with Crippen molar-refractivity contribution in [3.05, 3.63) is 100 Å². The third-order valence-corrected chi connectivity index (χ3v) is 6.62. The van der Waals surface area contributed by atoms with Crippen LogP contribution < -0.4 is 5.32 Å². The van der Waals surface area contributed by atoms with Gasteiger partial charge < -0.3 is 10.4 Å². The molecule has 0 radical (unpaired) electrons. The number of benzene rings is 3. The summed E-state index contributed by atoms with van der Waals surface area (Å²) in [5.41, 5.74) is 5.57. The summed E-state index contributed by atoms with van der Waals surface area (Å²) in [6.45, 7) is 6.48. The van der Waals surface area contributed by atoms with Gasteiger partial charge >= 0.3 is 5.97 Å². The van der Waals surface area contributed by atoms with E-state index in [1.807, 2.05) is 12.1 Å². The molecular weight excluding hydrogens is 437 g/mol. The third kappa shape index (κ3) is 4.86. The first kappa shape index (κ1) is 22.8. The van der Waals surface area contributed by atoms with Gasteiger partial charge in [0.25, 0.3) is 5.24 Å². The fourth-order valence-corrected chi connectivity index (χ4v) is 4.70. The van der Waals surface area contributed by atoms with Crippen molar-refractivity contribution < 1.29 is 19.1 Å². The van der Waals surface area contributed by atoms with Crippen LogP contribution in [0.3, 0.4) is 0 Å². The Kier molecular flexibility index (Phi) is 6.13. The van der Waals surface area contributed by atoms with Gasteiger partial charge in [-0.3, -0.25) is 4.79 Å². The molecule has 6 heteroatoms. The van der Waals surface area contributed by atoms with Crippen LogP contribution in [0.5, 0.6) is 0 Å². The Morgan fingerprint density at radius 2 is 1.76 bits per heavy atom. The highest BCUT2D eigenvalue weighted by atomic mass is 32.2. The van der Waals surface area contributed by atoms with E-state index in [0.29, 0.717) is 0 Å². The van der Waals surface area contributed by atoms with Gasteiger partial charge in [-0.25, -0.2) is 9.18 Å². The van der Waals surface area contributed by atoms with Gasteiger partial charge in [-0.1, -0.05) is 55.8 Å². The Morgan fingerprint density at radius 1 is 1.03 bits per heavy atom. The van der Waals surface area contributed by atoms with E-state index in [1.165, 1.54) is 17.2 Å². The minimum atomic E-state index is -1.35. The molecule has 0 saturated heterocycles. The van der Waals surface area contributed by atoms with E-state index in [9.17, 15) is 14.0 Å². The minimum Gasteiger partial charge on any atom is -0.478 e. The van der Waals surface area contributed by atoms with E-state index in [2.05, 4.69) is 62.5 Å². The van der Waals surface area contributed by atoms with E-state index in [1.54, 1.807) is 0 Å². The molecule has 0 bridgehead atoms. The number of anilines is 1. The first-order valence-electron chi connectivity index (χ1n) is 10.6. The van der Waals surface area contributed by atoms with Crippen molar-refractivity contribution in [1.29, 1.82) is 0 Å². The Bertz CT molecular complexity index is 1280. The topological polar surface area (TPSA) is 66.4 Å². The standard InChI is InChI=1S/C27H24FNO3S/c1-16-4-6-17(7-5-16)20-12-13-27(2,3)23-11-9-19(15-22(20)23)33-26(32)29-18-8-10-21(25(30)31)24(28)14-18/h4-12,14-15H,13H2,1-3H3,(H,29,32)(H,30,31). The van der Waals surface area contributed by atoms with Gasteiger partial charge in [0.15, 0.2) is 0 Å². The zero-order valence-corrected chi connectivity index (χ0v) is 19.4. The maximum absolute atomic E-state index is 13.9. The van der Waals surface area contributed by atoms with E-state index in [0.717, 1.165) is 51.9 Å². The predicted octanol–water partition coefficient (Wildman–Crippen LogP) is 7.27. The number of halogens is 1. The second-order valence-electron chi connectivity index (χ2n) is 8.79. The Hall–Kier alpha value is -3.38. The quantitative estimate of drug-likeness (QED) is 0.401. The third-order valence-electron chi connectivity index (χ3n) is 5.85. The largest absolute Gasteiger partial charge is 0.478 e. The number of nitrogens with one attached hydrogen (secondary N) is 1. The number of fused-ring (bicyclic) bond motifs is 1. The molecule has 3 aromatic rings. The number of carboxylic acids is 1. The first-order chi connectivity index (χ1) is 15.6. The summed E-state index contributed by atoms with van der Waals surface area (Å²) >= 11 is 1.01. The fraction of sp³-hybridized carbons (Fsp3) is 0.185. The summed E-state index contributed by atoms with van der Waals surface area (Å²) in [5.74, 6) is -2.25. The van der Waals surface area contributed by atoms with Gasteiger partial charge in [0, 0.05) is 10.6 Å². The van der Waals surface area contributed by atoms with Crippen LogP contribution in [0.25, 0.3) is 5.57 Å². The maximum Gasteiger partial charge on any atom is 0.338 e. The van der Waals surface area contributed by atoms with E-state index < -0.39 is 17.3 Å². The van der Waals surface area contributed by atoms with E-state index in [4.69, 9.17) is 5.11 Å². The number of thioether (sulfide) groups is 1. The second kappa shape index (κ2) is 8.87. The lowest BCUT2D eigenvalue weighted by atomic mass is 9.72. The van der Waals surface area contributed by atoms with E-state index >= 15 is 0 Å². The SMILES string of the molecule is Cc1ccc(C2=CCC(C)(C)c3ccc(SC(=O)Nc4ccc(C(=O)O)c(F)c4)cc32)cc1. The van der Waals surface area contributed by atoms with Crippen LogP contribution in [0.4, 0.5) is 14.9 Å². The lowest BCUT2D eigenvalue weighted by Crippen LogP contribution is -2.22. The number of amides is 1. The van der Waals surface area contributed by atoms with Gasteiger partial charge in [-0.15, -0.1) is 0 Å². The number of carbonyl (C=O) groups is 2. The lowest BCUT2D eigenvalue weighted by molar-refractivity contribution is 0.0692. The zero-order valence-electron chi connectivity index (χ0n) is 18.6. The zero-order chi connectivity index (χ0) is 23.8. The molecule has 1 aliphatic carbocycles. The predicted molar refractivity (Wildman–Crippen MR) is 131 cm³/mol. The molecule has 1 amide bonds. The summed E-state index contributed by atoms with van der Waals surface area (Å²) < 4.78 is 13.9. The number of allylic oxidation sites excluding steroid dienone is 1. The molecule has 33 heavy (non-hydrogen) atoms. The molecule has 1 aliphatic rings. The van der Waals surface area contributed by atoms with Gasteiger partial charge in [-0.2, -0.15) is 0 Å². The van der Waals surface area contributed by atoms with Crippen molar-refractivity contribution in [3.63, 3.8) is 0 Å². The Balaban J connectivity index is 1.59. The Morgan fingerprint density at radius 3 is 2.42 bits per heavy atom. The molecule has 168 valence electrons. The number of aromatic carboxylic acids is 1. The molecular formula is C27H24FNO3S. The highest BCUT2D eigenvalue weighted by Gasteiger charge is 2.29. The van der Waals surface area contributed by atoms with Gasteiger partial charge in [0.1, 0.15) is 5.82 Å². The maximum atomic E-state index is 13.9. The van der Waals surface area contributed by atoms with Crippen LogP contribution >= 0.6 is 11.8 Å². The van der Waals surface area contributed by atoms with Crippen LogP contribution in [-0.4, -0.2) is 16.3 Å². The number of hydrogen-bond donors (Lipinski definition) is 2. The van der Waals surface area contributed by atoms with Gasteiger partial charge in [0.05, 0.1) is 5.56 Å². The molecule has 4 nitrogen and oxygen atoms in total. The monoisotopic (exact) mass is 461 g/mol. The minimum absolute atomic E-state index is 0.0155. The number of rotatable bonds is 4. The van der Waals surface area contributed by atoms with Crippen molar-refractivity contribution in [2.24, 2.45) is 0 Å². The molecule has 0 aromatic heterocycles. The van der Waals surface area contributed by atoms with Crippen LogP contribution in [0.15, 0.2) is 71.6 Å². The highest BCUT2D eigenvalue weighted by Crippen LogP contribution is 2.42. The van der Waals surface area contributed by atoms with E-state index in [-0.39, 0.29) is 16.3 Å². The number of carboxylic acid groups (broad SMARTS) is 1. The highest BCUT2D eigenvalue weighted by molar-refractivity contribution is 8.13. The smallest absolute Gasteiger partial charge is 0.338 e. The first-order valence-corrected chi connectivity index (χ1v) is 11.4. The summed E-state index contributed by atoms with van der Waals surface area (Å²) in [4.78, 5) is 24.3. The summed E-state index contributed by atoms with van der Waals surface area (Å²) in [5, 5.41) is 11.2. The lowest BCUT2D eigenvalue weighted by Gasteiger charge is -2.32. The van der Waals surface area contributed by atoms with Gasteiger partial charge in [-0.05, 0) is 83.1 Å². The van der Waals surface area contributed by atoms with Crippen molar-refractivity contribution in [1.82, 2.24) is 0 Å².